The number of ether oxygens (including phenoxy) is 1. The van der Waals surface area contributed by atoms with Crippen LogP contribution in [0.5, 0.6) is 0 Å². The van der Waals surface area contributed by atoms with Gasteiger partial charge in [0.05, 0.1) is 6.10 Å². The maximum Gasteiger partial charge on any atom is 0.226 e. The van der Waals surface area contributed by atoms with E-state index in [2.05, 4.69) is 0 Å². The van der Waals surface area contributed by atoms with Crippen molar-refractivity contribution in [2.45, 2.75) is 32.3 Å². The summed E-state index contributed by atoms with van der Waals surface area (Å²) < 4.78 is 5.51. The van der Waals surface area contributed by atoms with Crippen LogP contribution in [-0.2, 0) is 9.53 Å². The molecule has 2 N–H and O–H groups in total. The fourth-order valence-corrected chi connectivity index (χ4v) is 2.44. The number of rotatable bonds is 5. The molecule has 1 amide bonds. The van der Waals surface area contributed by atoms with Gasteiger partial charge in [0, 0.05) is 31.5 Å². The number of nitrogen functional groups attached to an aromatic ring is 1. The molecule has 0 unspecified atom stereocenters. The highest BCUT2D eigenvalue weighted by molar-refractivity contribution is 5.93. The molecule has 0 heterocycles. The lowest BCUT2D eigenvalue weighted by Crippen LogP contribution is -2.36. The number of nitrogens with two attached hydrogens (primary N) is 1. The first kappa shape index (κ1) is 13.9. The molecule has 1 aliphatic carbocycles. The maximum atomic E-state index is 12.1. The summed E-state index contributed by atoms with van der Waals surface area (Å²) in [5.74, 6) is 0.630. The van der Waals surface area contributed by atoms with Crippen LogP contribution in [0.2, 0.25) is 0 Å². The van der Waals surface area contributed by atoms with E-state index in [0.717, 1.165) is 25.1 Å². The molecule has 0 radical (unpaired) electrons. The maximum absolute atomic E-state index is 12.1. The Hall–Kier alpha value is -1.55. The van der Waals surface area contributed by atoms with Gasteiger partial charge < -0.3 is 15.4 Å². The molecule has 4 nitrogen and oxygen atoms in total. The van der Waals surface area contributed by atoms with Crippen LogP contribution in [0.15, 0.2) is 24.3 Å². The van der Waals surface area contributed by atoms with Crippen LogP contribution < -0.4 is 10.6 Å². The molecule has 4 heteroatoms. The normalized spacial score (nSPS) is 21.8. The Morgan fingerprint density at radius 2 is 2.00 bits per heavy atom. The SMILES string of the molecule is CCOC1CC(CC(=O)N(C)c2ccc(N)cc2)C1. The number of nitrogens with zero attached hydrogens (tertiary/aromatic N) is 1. The van der Waals surface area contributed by atoms with E-state index in [4.69, 9.17) is 10.5 Å². The Labute approximate surface area is 114 Å². The standard InChI is InChI=1S/C15H22N2O2/c1-3-19-14-8-11(9-14)10-15(18)17(2)13-6-4-12(16)5-7-13/h4-7,11,14H,3,8-10,16H2,1-2H3. The molecule has 1 aromatic carbocycles. The van der Waals surface area contributed by atoms with Crippen molar-refractivity contribution in [1.82, 2.24) is 0 Å². The van der Waals surface area contributed by atoms with E-state index < -0.39 is 0 Å². The van der Waals surface area contributed by atoms with Crippen molar-refractivity contribution in [2.24, 2.45) is 5.92 Å². The Morgan fingerprint density at radius 3 is 2.58 bits per heavy atom. The van der Waals surface area contributed by atoms with Crippen molar-refractivity contribution in [1.29, 1.82) is 0 Å². The quantitative estimate of drug-likeness (QED) is 0.829. The van der Waals surface area contributed by atoms with Crippen LogP contribution in [0.1, 0.15) is 26.2 Å². The van der Waals surface area contributed by atoms with Gasteiger partial charge >= 0.3 is 0 Å². The summed E-state index contributed by atoms with van der Waals surface area (Å²) in [4.78, 5) is 13.9. The first-order valence-corrected chi connectivity index (χ1v) is 6.83. The molecule has 1 fully saturated rings. The van der Waals surface area contributed by atoms with Crippen molar-refractivity contribution in [3.05, 3.63) is 24.3 Å². The number of carbonyl (C=O) groups excluding carboxylic acids is 1. The van der Waals surface area contributed by atoms with Gasteiger partial charge in [0.15, 0.2) is 0 Å². The fourth-order valence-electron chi connectivity index (χ4n) is 2.44. The number of carbonyl (C=O) groups is 1. The molecule has 1 aromatic rings. The minimum absolute atomic E-state index is 0.157. The molecule has 1 saturated carbocycles. The Balaban J connectivity index is 1.82. The molecule has 0 aromatic heterocycles. The summed E-state index contributed by atoms with van der Waals surface area (Å²) in [6, 6.07) is 7.37. The average molecular weight is 262 g/mol. The van der Waals surface area contributed by atoms with Crippen molar-refractivity contribution in [2.75, 3.05) is 24.3 Å². The van der Waals surface area contributed by atoms with Gasteiger partial charge in [-0.1, -0.05) is 0 Å². The number of hydrogen-bond donors (Lipinski definition) is 1. The highest BCUT2D eigenvalue weighted by atomic mass is 16.5. The van der Waals surface area contributed by atoms with E-state index in [1.54, 1.807) is 4.90 Å². The van der Waals surface area contributed by atoms with E-state index in [1.165, 1.54) is 0 Å². The molecule has 2 rings (SSSR count). The van der Waals surface area contributed by atoms with Crippen LogP contribution in [-0.4, -0.2) is 25.7 Å². The van der Waals surface area contributed by atoms with Crippen LogP contribution in [0.4, 0.5) is 11.4 Å². The van der Waals surface area contributed by atoms with Gasteiger partial charge in [0.1, 0.15) is 0 Å². The smallest absolute Gasteiger partial charge is 0.226 e. The van der Waals surface area contributed by atoms with Gasteiger partial charge in [-0.3, -0.25) is 4.79 Å². The molecule has 0 bridgehead atoms. The molecule has 1 aliphatic rings. The summed E-state index contributed by atoms with van der Waals surface area (Å²) in [7, 11) is 1.81. The zero-order chi connectivity index (χ0) is 13.8. The largest absolute Gasteiger partial charge is 0.399 e. The topological polar surface area (TPSA) is 55.6 Å². The minimum Gasteiger partial charge on any atom is -0.399 e. The second-order valence-corrected chi connectivity index (χ2v) is 5.16. The van der Waals surface area contributed by atoms with Crippen LogP contribution in [0, 0.1) is 5.92 Å². The summed E-state index contributed by atoms with van der Waals surface area (Å²) in [5, 5.41) is 0. The zero-order valence-electron chi connectivity index (χ0n) is 11.6. The molecule has 0 aliphatic heterocycles. The van der Waals surface area contributed by atoms with E-state index in [1.807, 2.05) is 38.2 Å². The number of benzene rings is 1. The van der Waals surface area contributed by atoms with Gasteiger partial charge in [-0.15, -0.1) is 0 Å². The molecular formula is C15H22N2O2. The molecule has 19 heavy (non-hydrogen) atoms. The van der Waals surface area contributed by atoms with E-state index >= 15 is 0 Å². The third-order valence-corrected chi connectivity index (χ3v) is 3.71. The number of anilines is 2. The number of hydrogen-bond acceptors (Lipinski definition) is 3. The van der Waals surface area contributed by atoms with E-state index in [0.29, 0.717) is 24.1 Å². The summed E-state index contributed by atoms with van der Waals surface area (Å²) in [6.45, 7) is 2.77. The van der Waals surface area contributed by atoms with E-state index in [-0.39, 0.29) is 5.91 Å². The Morgan fingerprint density at radius 1 is 1.37 bits per heavy atom. The number of amides is 1. The zero-order valence-corrected chi connectivity index (χ0v) is 11.6. The van der Waals surface area contributed by atoms with Gasteiger partial charge in [0.25, 0.3) is 0 Å². The molecule has 0 saturated heterocycles. The summed E-state index contributed by atoms with van der Waals surface area (Å²) in [6.07, 6.45) is 2.99. The molecule has 0 atom stereocenters. The van der Waals surface area contributed by atoms with E-state index in [9.17, 15) is 4.79 Å². The summed E-state index contributed by atoms with van der Waals surface area (Å²) in [5.41, 5.74) is 7.24. The van der Waals surface area contributed by atoms with Crippen LogP contribution >= 0.6 is 0 Å². The van der Waals surface area contributed by atoms with Crippen molar-refractivity contribution < 1.29 is 9.53 Å². The molecular weight excluding hydrogens is 240 g/mol. The van der Waals surface area contributed by atoms with Crippen LogP contribution in [0.25, 0.3) is 0 Å². The Kier molecular flexibility index (Phi) is 4.43. The lowest BCUT2D eigenvalue weighted by atomic mass is 9.79. The predicted molar refractivity (Wildman–Crippen MR) is 77.0 cm³/mol. The monoisotopic (exact) mass is 262 g/mol. The minimum atomic E-state index is 0.157. The predicted octanol–water partition coefficient (Wildman–Crippen LogP) is 2.44. The van der Waals surface area contributed by atoms with Gasteiger partial charge in [-0.05, 0) is 49.9 Å². The van der Waals surface area contributed by atoms with Crippen molar-refractivity contribution >= 4 is 17.3 Å². The Bertz CT molecular complexity index is 424. The van der Waals surface area contributed by atoms with Crippen molar-refractivity contribution in [3.63, 3.8) is 0 Å². The summed E-state index contributed by atoms with van der Waals surface area (Å²) >= 11 is 0. The van der Waals surface area contributed by atoms with Gasteiger partial charge in [-0.25, -0.2) is 0 Å². The van der Waals surface area contributed by atoms with Gasteiger partial charge in [-0.2, -0.15) is 0 Å². The van der Waals surface area contributed by atoms with Crippen molar-refractivity contribution in [3.8, 4) is 0 Å². The second-order valence-electron chi connectivity index (χ2n) is 5.16. The van der Waals surface area contributed by atoms with Gasteiger partial charge in [0.2, 0.25) is 5.91 Å². The highest BCUT2D eigenvalue weighted by Gasteiger charge is 2.31. The third-order valence-electron chi connectivity index (χ3n) is 3.71. The van der Waals surface area contributed by atoms with Crippen LogP contribution in [0.3, 0.4) is 0 Å². The third kappa shape index (κ3) is 3.47. The fraction of sp³-hybridized carbons (Fsp3) is 0.533. The first-order valence-electron chi connectivity index (χ1n) is 6.83. The molecule has 104 valence electrons. The molecule has 0 spiro atoms. The lowest BCUT2D eigenvalue weighted by Gasteiger charge is -2.35. The lowest BCUT2D eigenvalue weighted by molar-refractivity contribution is -0.121. The first-order chi connectivity index (χ1) is 9.10. The average Bonchev–Trinajstić information content (AvgIpc) is 2.36. The highest BCUT2D eigenvalue weighted by Crippen LogP contribution is 2.33. The second kappa shape index (κ2) is 6.06.